The molecule has 212 valence electrons. The lowest BCUT2D eigenvalue weighted by molar-refractivity contribution is -0.140. The highest BCUT2D eigenvalue weighted by atomic mass is 79.9. The van der Waals surface area contributed by atoms with Gasteiger partial charge in [-0.05, 0) is 49.2 Å². The fourth-order valence-corrected chi connectivity index (χ4v) is 5.71. The first-order valence-electron chi connectivity index (χ1n) is 12.8. The van der Waals surface area contributed by atoms with Crippen LogP contribution in [0.5, 0.6) is 11.5 Å². The second-order valence-electron chi connectivity index (χ2n) is 9.83. The standard InChI is InChI=1S/C29H32BrN3O6S/c1-20(2)31-29(35)25(15-21-8-5-4-6-9-21)32(17-22-10-7-11-23(30)14-22)28(34)18-33(40(3,36)37)24-12-13-26-27(16-24)39-19-38-26/h4-14,16,20,25H,15,17-19H2,1-3H3,(H,31,35). The van der Waals surface area contributed by atoms with Gasteiger partial charge in [-0.25, -0.2) is 8.42 Å². The number of hydrogen-bond acceptors (Lipinski definition) is 6. The predicted molar refractivity (Wildman–Crippen MR) is 157 cm³/mol. The Morgan fingerprint density at radius 1 is 0.950 bits per heavy atom. The molecule has 2 amide bonds. The van der Waals surface area contributed by atoms with E-state index in [1.165, 1.54) is 11.0 Å². The Morgan fingerprint density at radius 2 is 1.65 bits per heavy atom. The van der Waals surface area contributed by atoms with Gasteiger partial charge in [0.25, 0.3) is 0 Å². The number of carbonyl (C=O) groups is 2. The number of nitrogens with zero attached hydrogens (tertiary/aromatic N) is 2. The minimum atomic E-state index is -3.89. The molecule has 0 fully saturated rings. The zero-order valence-corrected chi connectivity index (χ0v) is 24.9. The molecule has 0 spiro atoms. The Bertz CT molecular complexity index is 1470. The molecule has 40 heavy (non-hydrogen) atoms. The van der Waals surface area contributed by atoms with Gasteiger partial charge in [0.2, 0.25) is 28.6 Å². The van der Waals surface area contributed by atoms with Crippen LogP contribution in [0.2, 0.25) is 0 Å². The molecule has 1 N–H and O–H groups in total. The molecule has 1 atom stereocenters. The fourth-order valence-electron chi connectivity index (χ4n) is 4.42. The fraction of sp³-hybridized carbons (Fsp3) is 0.310. The van der Waals surface area contributed by atoms with Gasteiger partial charge in [-0.3, -0.25) is 13.9 Å². The number of benzene rings is 3. The van der Waals surface area contributed by atoms with Crippen molar-refractivity contribution in [1.29, 1.82) is 0 Å². The van der Waals surface area contributed by atoms with Crippen molar-refractivity contribution in [2.24, 2.45) is 0 Å². The van der Waals surface area contributed by atoms with Crippen molar-refractivity contribution in [3.8, 4) is 11.5 Å². The van der Waals surface area contributed by atoms with E-state index in [1.54, 1.807) is 12.1 Å². The van der Waals surface area contributed by atoms with Crippen molar-refractivity contribution in [1.82, 2.24) is 10.2 Å². The predicted octanol–water partition coefficient (Wildman–Crippen LogP) is 4.11. The zero-order valence-electron chi connectivity index (χ0n) is 22.5. The average Bonchev–Trinajstić information content (AvgIpc) is 3.36. The lowest BCUT2D eigenvalue weighted by atomic mass is 10.0. The minimum Gasteiger partial charge on any atom is -0.454 e. The Morgan fingerprint density at radius 3 is 2.33 bits per heavy atom. The Kier molecular flexibility index (Phi) is 9.36. The van der Waals surface area contributed by atoms with Gasteiger partial charge < -0.3 is 19.7 Å². The van der Waals surface area contributed by atoms with Crippen molar-refractivity contribution in [3.05, 3.63) is 88.4 Å². The summed E-state index contributed by atoms with van der Waals surface area (Å²) in [5, 5.41) is 2.93. The van der Waals surface area contributed by atoms with Gasteiger partial charge in [-0.2, -0.15) is 0 Å². The van der Waals surface area contributed by atoms with Gasteiger partial charge >= 0.3 is 0 Å². The normalized spacial score (nSPS) is 13.1. The molecule has 3 aromatic rings. The Hall–Kier alpha value is -3.57. The van der Waals surface area contributed by atoms with Crippen LogP contribution in [0.4, 0.5) is 5.69 Å². The molecular weight excluding hydrogens is 598 g/mol. The van der Waals surface area contributed by atoms with Crippen LogP contribution in [0, 0.1) is 0 Å². The van der Waals surface area contributed by atoms with Crippen LogP contribution in [0.25, 0.3) is 0 Å². The number of rotatable bonds is 11. The summed E-state index contributed by atoms with van der Waals surface area (Å²) in [5.74, 6) is 0.0371. The van der Waals surface area contributed by atoms with Gasteiger partial charge in [0, 0.05) is 29.5 Å². The summed E-state index contributed by atoms with van der Waals surface area (Å²) in [6.45, 7) is 3.32. The number of carbonyl (C=O) groups excluding carboxylic acids is 2. The van der Waals surface area contributed by atoms with Gasteiger partial charge in [-0.15, -0.1) is 0 Å². The molecule has 0 radical (unpaired) electrons. The number of amides is 2. The summed E-state index contributed by atoms with van der Waals surface area (Å²) in [4.78, 5) is 29.1. The van der Waals surface area contributed by atoms with E-state index < -0.39 is 28.5 Å². The van der Waals surface area contributed by atoms with E-state index in [0.717, 1.165) is 26.2 Å². The third kappa shape index (κ3) is 7.54. The second kappa shape index (κ2) is 12.7. The van der Waals surface area contributed by atoms with Crippen LogP contribution in [0.1, 0.15) is 25.0 Å². The third-order valence-electron chi connectivity index (χ3n) is 6.27. The van der Waals surface area contributed by atoms with Crippen molar-refractivity contribution in [2.45, 2.75) is 38.9 Å². The molecule has 1 heterocycles. The summed E-state index contributed by atoms with van der Waals surface area (Å²) in [7, 11) is -3.89. The number of halogens is 1. The smallest absolute Gasteiger partial charge is 0.244 e. The minimum absolute atomic E-state index is 0.0309. The van der Waals surface area contributed by atoms with Crippen LogP contribution in [0.3, 0.4) is 0 Å². The molecule has 1 unspecified atom stereocenters. The van der Waals surface area contributed by atoms with E-state index in [-0.39, 0.29) is 37.4 Å². The molecule has 0 aromatic heterocycles. The summed E-state index contributed by atoms with van der Waals surface area (Å²) >= 11 is 3.47. The van der Waals surface area contributed by atoms with E-state index in [2.05, 4.69) is 21.2 Å². The van der Waals surface area contributed by atoms with Crippen LogP contribution in [-0.2, 0) is 32.6 Å². The van der Waals surface area contributed by atoms with E-state index in [1.807, 2.05) is 68.4 Å². The summed E-state index contributed by atoms with van der Waals surface area (Å²) in [6, 6.07) is 20.5. The molecule has 11 heteroatoms. The zero-order chi connectivity index (χ0) is 28.9. The molecule has 4 rings (SSSR count). The van der Waals surface area contributed by atoms with E-state index >= 15 is 0 Å². The Labute approximate surface area is 243 Å². The summed E-state index contributed by atoms with van der Waals surface area (Å²) in [5.41, 5.74) is 1.91. The monoisotopic (exact) mass is 629 g/mol. The topological polar surface area (TPSA) is 105 Å². The molecule has 1 aliphatic rings. The van der Waals surface area contributed by atoms with E-state index in [9.17, 15) is 18.0 Å². The molecule has 0 saturated carbocycles. The number of hydrogen-bond donors (Lipinski definition) is 1. The first kappa shape index (κ1) is 29.4. The number of fused-ring (bicyclic) bond motifs is 1. The maximum Gasteiger partial charge on any atom is 0.244 e. The molecule has 0 aliphatic carbocycles. The highest BCUT2D eigenvalue weighted by Gasteiger charge is 2.33. The molecule has 3 aromatic carbocycles. The average molecular weight is 631 g/mol. The van der Waals surface area contributed by atoms with E-state index in [4.69, 9.17) is 9.47 Å². The SMILES string of the molecule is CC(C)NC(=O)C(Cc1ccccc1)N(Cc1cccc(Br)c1)C(=O)CN(c1ccc2c(c1)OCO2)S(C)(=O)=O. The first-order chi connectivity index (χ1) is 19.0. The first-order valence-corrected chi connectivity index (χ1v) is 15.4. The van der Waals surface area contributed by atoms with Crippen molar-refractivity contribution in [3.63, 3.8) is 0 Å². The molecule has 9 nitrogen and oxygen atoms in total. The highest BCUT2D eigenvalue weighted by molar-refractivity contribution is 9.10. The van der Waals surface area contributed by atoms with Crippen LogP contribution < -0.4 is 19.1 Å². The number of anilines is 1. The van der Waals surface area contributed by atoms with Gasteiger partial charge in [0.05, 0.1) is 11.9 Å². The lowest BCUT2D eigenvalue weighted by Crippen LogP contribution is -2.54. The number of ether oxygens (including phenoxy) is 2. The van der Waals surface area contributed by atoms with Crippen LogP contribution in [0.15, 0.2) is 77.3 Å². The van der Waals surface area contributed by atoms with Gasteiger partial charge in [-0.1, -0.05) is 58.4 Å². The molecular formula is C29H32BrN3O6S. The highest BCUT2D eigenvalue weighted by Crippen LogP contribution is 2.36. The third-order valence-corrected chi connectivity index (χ3v) is 7.90. The lowest BCUT2D eigenvalue weighted by Gasteiger charge is -2.34. The van der Waals surface area contributed by atoms with Crippen molar-refractivity contribution >= 4 is 43.5 Å². The van der Waals surface area contributed by atoms with E-state index in [0.29, 0.717) is 11.5 Å². The number of nitrogens with one attached hydrogen (secondary N) is 1. The maximum atomic E-state index is 14.1. The molecule has 0 saturated heterocycles. The number of sulfonamides is 1. The molecule has 1 aliphatic heterocycles. The quantitative estimate of drug-likeness (QED) is 0.342. The summed E-state index contributed by atoms with van der Waals surface area (Å²) < 4.78 is 38.5. The summed E-state index contributed by atoms with van der Waals surface area (Å²) in [6.07, 6.45) is 1.29. The molecule has 0 bridgehead atoms. The maximum absolute atomic E-state index is 14.1. The van der Waals surface area contributed by atoms with Crippen LogP contribution in [-0.4, -0.2) is 56.8 Å². The Balaban J connectivity index is 1.73. The van der Waals surface area contributed by atoms with Gasteiger partial charge in [0.1, 0.15) is 12.6 Å². The van der Waals surface area contributed by atoms with Crippen molar-refractivity contribution < 1.29 is 27.5 Å². The van der Waals surface area contributed by atoms with Gasteiger partial charge in [0.15, 0.2) is 11.5 Å². The second-order valence-corrected chi connectivity index (χ2v) is 12.7. The van der Waals surface area contributed by atoms with Crippen LogP contribution >= 0.6 is 15.9 Å². The largest absolute Gasteiger partial charge is 0.454 e. The van der Waals surface area contributed by atoms with Crippen molar-refractivity contribution in [2.75, 3.05) is 23.9 Å².